The van der Waals surface area contributed by atoms with Crippen molar-refractivity contribution in [3.05, 3.63) is 23.5 Å². The number of hydrogen-bond acceptors (Lipinski definition) is 3. The Morgan fingerprint density at radius 2 is 2.22 bits per heavy atom. The molecule has 1 aromatic heterocycles. The molecule has 1 N–H and O–H groups in total. The van der Waals surface area contributed by atoms with Crippen LogP contribution in [0.25, 0.3) is 0 Å². The minimum Gasteiger partial charge on any atom is -0.497 e. The highest BCUT2D eigenvalue weighted by atomic mass is 16.5. The summed E-state index contributed by atoms with van der Waals surface area (Å²) in [5.74, 6) is 2.66. The third-order valence-corrected chi connectivity index (χ3v) is 3.76. The first-order chi connectivity index (χ1) is 8.67. The van der Waals surface area contributed by atoms with E-state index in [0.717, 1.165) is 42.1 Å². The molecule has 2 rings (SSSR count). The van der Waals surface area contributed by atoms with E-state index in [1.54, 1.807) is 7.11 Å². The minimum absolute atomic E-state index is 0.836. The van der Waals surface area contributed by atoms with Crippen molar-refractivity contribution in [2.24, 2.45) is 11.8 Å². The first-order valence-corrected chi connectivity index (χ1v) is 6.89. The van der Waals surface area contributed by atoms with Crippen molar-refractivity contribution >= 4 is 0 Å². The zero-order valence-electron chi connectivity index (χ0n) is 11.7. The lowest BCUT2D eigenvalue weighted by Crippen LogP contribution is -2.21. The highest BCUT2D eigenvalue weighted by Crippen LogP contribution is 2.29. The molecule has 1 fully saturated rings. The van der Waals surface area contributed by atoms with Crippen LogP contribution in [0.5, 0.6) is 5.75 Å². The summed E-state index contributed by atoms with van der Waals surface area (Å²) in [6.07, 6.45) is 4.14. The summed E-state index contributed by atoms with van der Waals surface area (Å²) >= 11 is 0. The van der Waals surface area contributed by atoms with Gasteiger partial charge in [-0.2, -0.15) is 0 Å². The van der Waals surface area contributed by atoms with E-state index in [1.165, 1.54) is 19.3 Å². The van der Waals surface area contributed by atoms with Crippen LogP contribution < -0.4 is 10.1 Å². The second-order valence-electron chi connectivity index (χ2n) is 5.55. The van der Waals surface area contributed by atoms with Crippen molar-refractivity contribution in [3.8, 4) is 5.75 Å². The Labute approximate surface area is 110 Å². The number of hydrogen-bond donors (Lipinski definition) is 1. The molecule has 1 saturated carbocycles. The predicted octanol–water partition coefficient (Wildman–Crippen LogP) is 2.92. The topological polar surface area (TPSA) is 34.1 Å². The van der Waals surface area contributed by atoms with Gasteiger partial charge in [0.05, 0.1) is 12.8 Å². The zero-order valence-corrected chi connectivity index (χ0v) is 11.7. The molecule has 0 amide bonds. The minimum atomic E-state index is 0.836. The molecule has 18 heavy (non-hydrogen) atoms. The van der Waals surface area contributed by atoms with Gasteiger partial charge >= 0.3 is 0 Å². The lowest BCUT2D eigenvalue weighted by Gasteiger charge is -2.11. The van der Waals surface area contributed by atoms with Crippen LogP contribution in [0.1, 0.15) is 37.6 Å². The Morgan fingerprint density at radius 1 is 1.39 bits per heavy atom. The molecule has 2 atom stereocenters. The molecule has 0 spiro atoms. The van der Waals surface area contributed by atoms with E-state index in [2.05, 4.69) is 17.2 Å². The molecule has 1 aliphatic rings. The molecule has 1 heterocycles. The first kappa shape index (κ1) is 13.3. The number of pyridine rings is 1. The molecule has 1 aliphatic carbocycles. The van der Waals surface area contributed by atoms with Gasteiger partial charge in [-0.3, -0.25) is 4.98 Å². The summed E-state index contributed by atoms with van der Waals surface area (Å²) in [5, 5.41) is 3.52. The zero-order chi connectivity index (χ0) is 13.0. The fraction of sp³-hybridized carbons (Fsp3) is 0.667. The summed E-state index contributed by atoms with van der Waals surface area (Å²) in [6, 6.07) is 3.97. The van der Waals surface area contributed by atoms with Crippen molar-refractivity contribution in [2.75, 3.05) is 13.7 Å². The molecule has 2 unspecified atom stereocenters. The standard InChI is InChI=1S/C15H24N2O/c1-11-4-5-13(6-11)9-16-10-14-8-15(18-3)7-12(2)17-14/h7-8,11,13,16H,4-6,9-10H2,1-3H3. The second kappa shape index (κ2) is 6.19. The third-order valence-electron chi connectivity index (χ3n) is 3.76. The Kier molecular flexibility index (Phi) is 4.59. The molecule has 0 saturated heterocycles. The van der Waals surface area contributed by atoms with E-state index in [-0.39, 0.29) is 0 Å². The van der Waals surface area contributed by atoms with Crippen LogP contribution in [0.4, 0.5) is 0 Å². The van der Waals surface area contributed by atoms with Gasteiger partial charge in [0.1, 0.15) is 5.75 Å². The molecule has 3 heteroatoms. The van der Waals surface area contributed by atoms with Crippen LogP contribution in [-0.2, 0) is 6.54 Å². The highest BCUT2D eigenvalue weighted by Gasteiger charge is 2.20. The number of aromatic nitrogens is 1. The maximum absolute atomic E-state index is 5.26. The van der Waals surface area contributed by atoms with Gasteiger partial charge in [0.25, 0.3) is 0 Å². The molecule has 1 aromatic rings. The maximum atomic E-state index is 5.26. The van der Waals surface area contributed by atoms with Gasteiger partial charge in [-0.25, -0.2) is 0 Å². The van der Waals surface area contributed by atoms with Gasteiger partial charge in [-0.15, -0.1) is 0 Å². The Morgan fingerprint density at radius 3 is 2.89 bits per heavy atom. The van der Waals surface area contributed by atoms with Crippen LogP contribution in [0, 0.1) is 18.8 Å². The van der Waals surface area contributed by atoms with E-state index in [9.17, 15) is 0 Å². The number of ether oxygens (including phenoxy) is 1. The van der Waals surface area contributed by atoms with Gasteiger partial charge in [0, 0.05) is 24.4 Å². The predicted molar refractivity (Wildman–Crippen MR) is 73.7 cm³/mol. The van der Waals surface area contributed by atoms with Crippen LogP contribution in [0.3, 0.4) is 0 Å². The Bertz CT molecular complexity index is 392. The number of aryl methyl sites for hydroxylation is 1. The average Bonchev–Trinajstić information content (AvgIpc) is 2.74. The lowest BCUT2D eigenvalue weighted by molar-refractivity contribution is 0.412. The van der Waals surface area contributed by atoms with E-state index in [4.69, 9.17) is 4.74 Å². The quantitative estimate of drug-likeness (QED) is 0.870. The van der Waals surface area contributed by atoms with Gasteiger partial charge in [0.15, 0.2) is 0 Å². The molecular formula is C15H24N2O. The van der Waals surface area contributed by atoms with Gasteiger partial charge in [-0.1, -0.05) is 13.3 Å². The largest absolute Gasteiger partial charge is 0.497 e. The Balaban J connectivity index is 1.81. The normalized spacial score (nSPS) is 23.3. The van der Waals surface area contributed by atoms with Gasteiger partial charge in [-0.05, 0) is 38.1 Å². The van der Waals surface area contributed by atoms with E-state index in [1.807, 2.05) is 19.1 Å². The van der Waals surface area contributed by atoms with Crippen LogP contribution >= 0.6 is 0 Å². The molecule has 0 bridgehead atoms. The second-order valence-corrected chi connectivity index (χ2v) is 5.55. The average molecular weight is 248 g/mol. The molecule has 0 aromatic carbocycles. The van der Waals surface area contributed by atoms with E-state index < -0.39 is 0 Å². The molecule has 0 aliphatic heterocycles. The Hall–Kier alpha value is -1.09. The van der Waals surface area contributed by atoms with Crippen LogP contribution in [-0.4, -0.2) is 18.6 Å². The van der Waals surface area contributed by atoms with Crippen molar-refractivity contribution in [2.45, 2.75) is 39.7 Å². The van der Waals surface area contributed by atoms with Crippen molar-refractivity contribution in [1.82, 2.24) is 10.3 Å². The highest BCUT2D eigenvalue weighted by molar-refractivity contribution is 5.26. The maximum Gasteiger partial charge on any atom is 0.122 e. The first-order valence-electron chi connectivity index (χ1n) is 6.89. The molecular weight excluding hydrogens is 224 g/mol. The smallest absolute Gasteiger partial charge is 0.122 e. The molecule has 0 radical (unpaired) electrons. The van der Waals surface area contributed by atoms with Crippen molar-refractivity contribution in [3.63, 3.8) is 0 Å². The van der Waals surface area contributed by atoms with Gasteiger partial charge < -0.3 is 10.1 Å². The van der Waals surface area contributed by atoms with E-state index in [0.29, 0.717) is 0 Å². The summed E-state index contributed by atoms with van der Waals surface area (Å²) < 4.78 is 5.26. The number of methoxy groups -OCH3 is 1. The number of rotatable bonds is 5. The lowest BCUT2D eigenvalue weighted by atomic mass is 10.1. The summed E-state index contributed by atoms with van der Waals surface area (Å²) in [4.78, 5) is 4.52. The van der Waals surface area contributed by atoms with Crippen LogP contribution in [0.15, 0.2) is 12.1 Å². The van der Waals surface area contributed by atoms with Gasteiger partial charge in [0.2, 0.25) is 0 Å². The molecule has 3 nitrogen and oxygen atoms in total. The summed E-state index contributed by atoms with van der Waals surface area (Å²) in [7, 11) is 1.70. The number of nitrogens with zero attached hydrogens (tertiary/aromatic N) is 1. The number of nitrogens with one attached hydrogen (secondary N) is 1. The SMILES string of the molecule is COc1cc(C)nc(CNCC2CCC(C)C2)c1. The van der Waals surface area contributed by atoms with Crippen molar-refractivity contribution < 1.29 is 4.74 Å². The summed E-state index contributed by atoms with van der Waals surface area (Å²) in [5.41, 5.74) is 2.08. The molecule has 100 valence electrons. The van der Waals surface area contributed by atoms with Crippen molar-refractivity contribution in [1.29, 1.82) is 0 Å². The fourth-order valence-electron chi connectivity index (χ4n) is 2.83. The third kappa shape index (κ3) is 3.70. The monoisotopic (exact) mass is 248 g/mol. The summed E-state index contributed by atoms with van der Waals surface area (Å²) in [6.45, 7) is 6.31. The van der Waals surface area contributed by atoms with Crippen LogP contribution in [0.2, 0.25) is 0 Å². The fourth-order valence-corrected chi connectivity index (χ4v) is 2.83. The van der Waals surface area contributed by atoms with E-state index >= 15 is 0 Å².